The first-order valence-electron chi connectivity index (χ1n) is 20.4. The molecule has 3 aliphatic heterocycles. The molecule has 6 amide bonds. The van der Waals surface area contributed by atoms with Crippen LogP contribution in [-0.4, -0.2) is 99.6 Å². The zero-order valence-electron chi connectivity index (χ0n) is 34.4. The molecule has 62 heavy (non-hydrogen) atoms. The summed E-state index contributed by atoms with van der Waals surface area (Å²) in [6.45, 7) is 4.27. The quantitative estimate of drug-likeness (QED) is 0.0748. The van der Waals surface area contributed by atoms with Gasteiger partial charge in [-0.3, -0.25) is 53.3 Å². The van der Waals surface area contributed by atoms with Crippen molar-refractivity contribution < 1.29 is 43.0 Å². The van der Waals surface area contributed by atoms with Gasteiger partial charge in [0.05, 0.1) is 35.2 Å². The molecule has 0 aliphatic carbocycles. The van der Waals surface area contributed by atoms with Gasteiger partial charge in [-0.2, -0.15) is 0 Å². The predicted molar refractivity (Wildman–Crippen MR) is 227 cm³/mol. The van der Waals surface area contributed by atoms with Gasteiger partial charge in [0.1, 0.15) is 28.7 Å². The summed E-state index contributed by atoms with van der Waals surface area (Å²) >= 11 is 7.55. The minimum atomic E-state index is -1.10. The van der Waals surface area contributed by atoms with E-state index in [2.05, 4.69) is 26.1 Å². The van der Waals surface area contributed by atoms with E-state index in [-0.39, 0.29) is 54.6 Å². The van der Waals surface area contributed by atoms with Crippen LogP contribution in [0.15, 0.2) is 47.5 Å². The van der Waals surface area contributed by atoms with E-state index in [9.17, 15) is 33.6 Å². The van der Waals surface area contributed by atoms with Gasteiger partial charge in [0, 0.05) is 35.7 Å². The number of ether oxygens (including phenoxy) is 2. The number of unbranched alkanes of at least 4 members (excludes halogenated alkanes) is 5. The van der Waals surface area contributed by atoms with Gasteiger partial charge < -0.3 is 20.1 Å². The highest BCUT2D eigenvalue weighted by molar-refractivity contribution is 7.17. The number of carbonyl (C=O) groups is 7. The van der Waals surface area contributed by atoms with Crippen molar-refractivity contribution in [3.8, 4) is 10.8 Å². The second-order valence-electron chi connectivity index (χ2n) is 15.1. The molecule has 3 N–H and O–H groups in total. The van der Waals surface area contributed by atoms with Gasteiger partial charge >= 0.3 is 5.97 Å². The van der Waals surface area contributed by atoms with Gasteiger partial charge in [-0.05, 0) is 62.9 Å². The Morgan fingerprint density at radius 1 is 0.903 bits per heavy atom. The highest BCUT2D eigenvalue weighted by atomic mass is 35.5. The molecule has 1 unspecified atom stereocenters. The molecule has 1 saturated heterocycles. The Kier molecular flexibility index (Phi) is 13.6. The van der Waals surface area contributed by atoms with Crippen molar-refractivity contribution in [3.05, 3.63) is 91.8 Å². The zero-order chi connectivity index (χ0) is 44.1. The van der Waals surface area contributed by atoms with Crippen LogP contribution in [-0.2, 0) is 23.9 Å². The Labute approximate surface area is 365 Å². The molecular weight excluding hydrogens is 840 g/mol. The van der Waals surface area contributed by atoms with Crippen LogP contribution in [0.5, 0.6) is 5.75 Å². The van der Waals surface area contributed by atoms with Crippen molar-refractivity contribution in [1.29, 1.82) is 0 Å². The highest BCUT2D eigenvalue weighted by Crippen LogP contribution is 2.40. The lowest BCUT2D eigenvalue weighted by Crippen LogP contribution is -2.54. The largest absolute Gasteiger partial charge is 0.483 e. The normalized spacial score (nSPS) is 16.8. The number of halogens is 1. The third kappa shape index (κ3) is 9.16. The third-order valence-corrected chi connectivity index (χ3v) is 12.4. The number of nitrogens with zero attached hydrogens (tertiary/aromatic N) is 5. The maximum Gasteiger partial charge on any atom is 0.308 e. The fraction of sp³-hybridized carbons (Fsp3) is 0.395. The molecule has 2 aromatic heterocycles. The van der Waals surface area contributed by atoms with E-state index in [0.717, 1.165) is 65.1 Å². The molecule has 17 nitrogen and oxygen atoms in total. The van der Waals surface area contributed by atoms with E-state index in [4.69, 9.17) is 26.1 Å². The van der Waals surface area contributed by atoms with Crippen LogP contribution < -0.4 is 20.7 Å². The fourth-order valence-corrected chi connectivity index (χ4v) is 9.15. The lowest BCUT2D eigenvalue weighted by atomic mass is 9.99. The fourth-order valence-electron chi connectivity index (χ4n) is 7.75. The Bertz CT molecular complexity index is 2480. The molecule has 3 aliphatic rings. The summed E-state index contributed by atoms with van der Waals surface area (Å²) in [5, 5.41) is 18.0. The maximum atomic E-state index is 13.6. The Morgan fingerprint density at radius 3 is 2.32 bits per heavy atom. The molecule has 4 aromatic rings. The van der Waals surface area contributed by atoms with Crippen molar-refractivity contribution in [1.82, 2.24) is 35.6 Å². The van der Waals surface area contributed by atoms with Gasteiger partial charge in [-0.15, -0.1) is 21.5 Å². The number of hydrogen-bond acceptors (Lipinski definition) is 13. The van der Waals surface area contributed by atoms with Crippen molar-refractivity contribution in [3.63, 3.8) is 0 Å². The van der Waals surface area contributed by atoms with Crippen molar-refractivity contribution in [2.75, 3.05) is 26.8 Å². The van der Waals surface area contributed by atoms with Gasteiger partial charge in [0.2, 0.25) is 11.8 Å². The molecule has 7 rings (SSSR count). The first-order valence-corrected chi connectivity index (χ1v) is 21.6. The van der Waals surface area contributed by atoms with E-state index in [1.165, 1.54) is 36.6 Å². The van der Waals surface area contributed by atoms with Crippen LogP contribution in [0.25, 0.3) is 5.00 Å². The van der Waals surface area contributed by atoms with Gasteiger partial charge in [0.25, 0.3) is 23.6 Å². The molecule has 0 radical (unpaired) electrons. The number of aliphatic imine (C=N–C) groups is 1. The number of aryl methyl sites for hydroxylation is 1. The van der Waals surface area contributed by atoms with Crippen molar-refractivity contribution >= 4 is 70.1 Å². The molecule has 19 heteroatoms. The zero-order valence-corrected chi connectivity index (χ0v) is 36.0. The molecule has 0 bridgehead atoms. The number of hydrogen-bond donors (Lipinski definition) is 3. The number of thiophene rings is 1. The van der Waals surface area contributed by atoms with E-state index in [1.807, 2.05) is 30.5 Å². The predicted octanol–water partition coefficient (Wildman–Crippen LogP) is 4.72. The number of fused-ring (bicyclic) bond motifs is 4. The summed E-state index contributed by atoms with van der Waals surface area (Å²) < 4.78 is 12.5. The molecule has 1 fully saturated rings. The minimum Gasteiger partial charge on any atom is -0.483 e. The first-order chi connectivity index (χ1) is 29.9. The second kappa shape index (κ2) is 19.2. The van der Waals surface area contributed by atoms with E-state index in [1.54, 1.807) is 12.1 Å². The van der Waals surface area contributed by atoms with Gasteiger partial charge in [0.15, 0.2) is 12.4 Å². The molecular formula is C43H45ClN8O9S. The minimum absolute atomic E-state index is 0.00857. The average Bonchev–Trinajstić information content (AvgIpc) is 3.85. The summed E-state index contributed by atoms with van der Waals surface area (Å²) in [5.41, 5.74) is 2.96. The lowest BCUT2D eigenvalue weighted by Gasteiger charge is -2.27. The number of amides is 6. The number of carbonyl (C=O) groups excluding carboxylic acids is 7. The summed E-state index contributed by atoms with van der Waals surface area (Å²) in [4.78, 5) is 95.4. The Hall–Kier alpha value is -6.27. The van der Waals surface area contributed by atoms with Crippen LogP contribution in [0.1, 0.15) is 123 Å². The molecule has 324 valence electrons. The third-order valence-electron chi connectivity index (χ3n) is 10.9. The number of nitrogens with one attached hydrogen (secondary N) is 3. The maximum absolute atomic E-state index is 13.6. The lowest BCUT2D eigenvalue weighted by molar-refractivity contribution is -0.141. The summed E-state index contributed by atoms with van der Waals surface area (Å²) in [5.74, 6) is -2.41. The summed E-state index contributed by atoms with van der Waals surface area (Å²) in [6.07, 6.45) is 5.22. The smallest absolute Gasteiger partial charge is 0.308 e. The SMILES string of the molecule is COC(=O)C[C@@H]1N=C(c2ccc(Cl)cc2)c2c(sc(C(=O)NCCCCCCCCNC(=O)COc3cccc4c3C(=O)N(C3CCC(=O)NC3=O)C4=O)c2C)-n2c(C)nnc21. The molecule has 0 spiro atoms. The van der Waals surface area contributed by atoms with E-state index >= 15 is 0 Å². The van der Waals surface area contributed by atoms with Crippen LogP contribution in [0.2, 0.25) is 5.02 Å². The topological polar surface area (TPSA) is 220 Å². The molecule has 2 aromatic carbocycles. The first kappa shape index (κ1) is 43.8. The van der Waals surface area contributed by atoms with Crippen molar-refractivity contribution in [2.24, 2.45) is 4.99 Å². The standard InChI is InChI=1S/C43H45ClN8O9S/c1-23-34-36(25-13-15-26(44)16-14-25)47-28(21-33(55)60-3)38-50-49-24(2)51(38)43(34)62-37(23)40(57)46-20-9-7-5-4-6-8-19-45-32(54)22-61-30-12-10-11-27-35(30)42(59)52(41(27)58)29-17-18-31(53)48-39(29)56/h10-16,28-29H,4-9,17-22H2,1-3H3,(H,45,54)(H,46,57)(H,48,53,56)/t28-,29?/m0/s1. The summed E-state index contributed by atoms with van der Waals surface area (Å²) in [6, 6.07) is 9.97. The average molecular weight is 885 g/mol. The second-order valence-corrected chi connectivity index (χ2v) is 16.5. The number of benzene rings is 2. The number of piperidine rings is 1. The van der Waals surface area contributed by atoms with Crippen LogP contribution in [0, 0.1) is 13.8 Å². The number of aromatic nitrogens is 3. The Morgan fingerprint density at radius 2 is 1.61 bits per heavy atom. The number of imide groups is 2. The van der Waals surface area contributed by atoms with Crippen LogP contribution >= 0.6 is 22.9 Å². The van der Waals surface area contributed by atoms with Gasteiger partial charge in [-0.25, -0.2) is 0 Å². The van der Waals surface area contributed by atoms with E-state index in [0.29, 0.717) is 40.3 Å². The molecule has 2 atom stereocenters. The molecule has 5 heterocycles. The highest BCUT2D eigenvalue weighted by Gasteiger charge is 2.46. The number of methoxy groups -OCH3 is 1. The van der Waals surface area contributed by atoms with Crippen molar-refractivity contribution in [2.45, 2.75) is 83.7 Å². The number of rotatable bonds is 17. The Balaban J connectivity index is 0.850. The van der Waals surface area contributed by atoms with Crippen LogP contribution in [0.3, 0.4) is 0 Å². The summed E-state index contributed by atoms with van der Waals surface area (Å²) in [7, 11) is 1.33. The number of esters is 1. The van der Waals surface area contributed by atoms with Crippen LogP contribution in [0.4, 0.5) is 0 Å². The van der Waals surface area contributed by atoms with E-state index < -0.39 is 41.7 Å². The monoisotopic (exact) mass is 884 g/mol. The molecule has 0 saturated carbocycles. The van der Waals surface area contributed by atoms with Gasteiger partial charge in [-0.1, -0.05) is 55.5 Å².